The highest BCUT2D eigenvalue weighted by molar-refractivity contribution is 8.00. The number of ketones is 1. The molecule has 0 bridgehead atoms. The number of halogens is 1. The van der Waals surface area contributed by atoms with Crippen molar-refractivity contribution in [1.82, 2.24) is 0 Å². The van der Waals surface area contributed by atoms with E-state index in [1.54, 1.807) is 18.7 Å². The minimum absolute atomic E-state index is 0. The summed E-state index contributed by atoms with van der Waals surface area (Å²) in [5.41, 5.74) is 4.61. The second-order valence-corrected chi connectivity index (χ2v) is 10.0. The summed E-state index contributed by atoms with van der Waals surface area (Å²) in [5.74, 6) is 0.346. The average molecular weight is 569 g/mol. The number of ether oxygens (including phenoxy) is 1. The second kappa shape index (κ2) is 12.8. The van der Waals surface area contributed by atoms with Crippen LogP contribution in [-0.4, -0.2) is 18.4 Å². The van der Waals surface area contributed by atoms with Gasteiger partial charge in [-0.1, -0.05) is 66.2 Å². The number of benzene rings is 2. The van der Waals surface area contributed by atoms with Crippen LogP contribution in [0.25, 0.3) is 5.69 Å². The van der Waals surface area contributed by atoms with Gasteiger partial charge in [0.05, 0.1) is 23.5 Å². The summed E-state index contributed by atoms with van der Waals surface area (Å²) in [7, 11) is 0. The lowest BCUT2D eigenvalue weighted by Gasteiger charge is -2.06. The standard InChI is InChI=1S/C28H26NO3S2.BrH/c1-3-32-24(30)18-23-25(29-16-8-5-9-17-29)28(33-19-21-14-12-20(2)13-15-21)34-27(23)26(31)22-10-6-4-7-11-22;/h4-17H,3,18-19H2,1-2H3;1H/q+1;/p-1. The zero-order valence-electron chi connectivity index (χ0n) is 19.6. The van der Waals surface area contributed by atoms with Crippen molar-refractivity contribution in [1.29, 1.82) is 0 Å². The van der Waals surface area contributed by atoms with Gasteiger partial charge >= 0.3 is 5.97 Å². The number of aryl methyl sites for hydroxylation is 1. The zero-order valence-corrected chi connectivity index (χ0v) is 22.8. The number of rotatable bonds is 9. The number of hydrogen-bond acceptors (Lipinski definition) is 5. The summed E-state index contributed by atoms with van der Waals surface area (Å²) in [6.07, 6.45) is 3.94. The van der Waals surface area contributed by atoms with Crippen molar-refractivity contribution < 1.29 is 35.9 Å². The number of pyridine rings is 1. The van der Waals surface area contributed by atoms with Gasteiger partial charge in [-0.05, 0) is 19.4 Å². The van der Waals surface area contributed by atoms with E-state index in [1.165, 1.54) is 22.5 Å². The van der Waals surface area contributed by atoms with E-state index < -0.39 is 0 Å². The molecule has 0 saturated heterocycles. The minimum atomic E-state index is -0.338. The molecule has 0 radical (unpaired) electrons. The van der Waals surface area contributed by atoms with Crippen molar-refractivity contribution in [2.24, 2.45) is 0 Å². The Kier molecular flexibility index (Phi) is 9.83. The number of hydrogen-bond donors (Lipinski definition) is 0. The van der Waals surface area contributed by atoms with Gasteiger partial charge in [0.15, 0.2) is 12.4 Å². The minimum Gasteiger partial charge on any atom is -1.00 e. The van der Waals surface area contributed by atoms with Gasteiger partial charge < -0.3 is 21.7 Å². The Morgan fingerprint density at radius 1 is 0.943 bits per heavy atom. The van der Waals surface area contributed by atoms with E-state index in [0.29, 0.717) is 22.6 Å². The highest BCUT2D eigenvalue weighted by atomic mass is 79.9. The molecule has 2 heterocycles. The van der Waals surface area contributed by atoms with Gasteiger partial charge in [-0.2, -0.15) is 4.57 Å². The monoisotopic (exact) mass is 567 g/mol. The van der Waals surface area contributed by atoms with E-state index in [-0.39, 0.29) is 35.2 Å². The third-order valence-corrected chi connectivity index (χ3v) is 7.83. The van der Waals surface area contributed by atoms with Crippen LogP contribution in [-0.2, 0) is 21.7 Å². The van der Waals surface area contributed by atoms with Crippen LogP contribution in [0.3, 0.4) is 0 Å². The summed E-state index contributed by atoms with van der Waals surface area (Å²) in [5, 5.41) is 0. The number of nitrogens with zero attached hydrogens (tertiary/aromatic N) is 1. The second-order valence-electron chi connectivity index (χ2n) is 7.78. The maximum atomic E-state index is 13.6. The third-order valence-electron chi connectivity index (χ3n) is 5.28. The van der Waals surface area contributed by atoms with Crippen LogP contribution in [0.5, 0.6) is 0 Å². The Hall–Kier alpha value is -2.74. The Morgan fingerprint density at radius 2 is 1.60 bits per heavy atom. The summed E-state index contributed by atoms with van der Waals surface area (Å²) >= 11 is 3.13. The highest BCUT2D eigenvalue weighted by Crippen LogP contribution is 2.39. The molecule has 180 valence electrons. The maximum Gasteiger partial charge on any atom is 0.310 e. The quantitative estimate of drug-likeness (QED) is 0.135. The van der Waals surface area contributed by atoms with E-state index in [0.717, 1.165) is 15.6 Å². The molecule has 0 saturated carbocycles. The van der Waals surface area contributed by atoms with Gasteiger partial charge in [0.1, 0.15) is 4.21 Å². The van der Waals surface area contributed by atoms with E-state index >= 15 is 0 Å². The molecule has 0 fully saturated rings. The summed E-state index contributed by atoms with van der Waals surface area (Å²) in [6, 6.07) is 23.5. The lowest BCUT2D eigenvalue weighted by atomic mass is 10.0. The van der Waals surface area contributed by atoms with Gasteiger partial charge in [0.2, 0.25) is 11.5 Å². The fraction of sp³-hybridized carbons (Fsp3) is 0.179. The molecule has 4 nitrogen and oxygen atoms in total. The van der Waals surface area contributed by atoms with E-state index in [1.807, 2.05) is 65.5 Å². The van der Waals surface area contributed by atoms with Crippen molar-refractivity contribution in [2.45, 2.75) is 30.2 Å². The lowest BCUT2D eigenvalue weighted by molar-refractivity contribution is -0.598. The first-order valence-electron chi connectivity index (χ1n) is 11.1. The maximum absolute atomic E-state index is 13.6. The fourth-order valence-corrected chi connectivity index (χ4v) is 6.13. The van der Waals surface area contributed by atoms with Crippen molar-refractivity contribution in [3.63, 3.8) is 0 Å². The van der Waals surface area contributed by atoms with E-state index in [2.05, 4.69) is 31.2 Å². The fourth-order valence-electron chi connectivity index (χ4n) is 3.60. The molecule has 0 aliphatic heterocycles. The molecule has 0 N–H and O–H groups in total. The van der Waals surface area contributed by atoms with Crippen molar-refractivity contribution in [3.8, 4) is 5.69 Å². The van der Waals surface area contributed by atoms with Gasteiger partial charge in [-0.3, -0.25) is 9.59 Å². The molecule has 0 aliphatic rings. The van der Waals surface area contributed by atoms with Crippen LogP contribution in [0.15, 0.2) is 89.4 Å². The molecule has 35 heavy (non-hydrogen) atoms. The van der Waals surface area contributed by atoms with Crippen molar-refractivity contribution in [3.05, 3.63) is 112 Å². The molecule has 2 aromatic heterocycles. The van der Waals surface area contributed by atoms with Gasteiger partial charge in [-0.15, -0.1) is 23.1 Å². The largest absolute Gasteiger partial charge is 1.00 e. The Morgan fingerprint density at radius 3 is 2.26 bits per heavy atom. The molecule has 2 aromatic carbocycles. The average Bonchev–Trinajstić information content (AvgIpc) is 3.22. The zero-order chi connectivity index (χ0) is 23.9. The van der Waals surface area contributed by atoms with E-state index in [9.17, 15) is 9.59 Å². The van der Waals surface area contributed by atoms with Crippen LogP contribution in [0.4, 0.5) is 0 Å². The summed E-state index contributed by atoms with van der Waals surface area (Å²) in [6.45, 7) is 4.16. The molecule has 0 unspecified atom stereocenters. The first kappa shape index (κ1) is 26.9. The Bertz CT molecular complexity index is 1270. The first-order chi connectivity index (χ1) is 16.6. The molecular formula is C28H26BrNO3S2. The summed E-state index contributed by atoms with van der Waals surface area (Å²) in [4.78, 5) is 26.7. The number of aromatic nitrogens is 1. The Labute approximate surface area is 224 Å². The first-order valence-corrected chi connectivity index (χ1v) is 12.9. The van der Waals surface area contributed by atoms with Gasteiger partial charge in [0.25, 0.3) is 0 Å². The number of esters is 1. The van der Waals surface area contributed by atoms with Crippen molar-refractivity contribution in [2.75, 3.05) is 6.61 Å². The van der Waals surface area contributed by atoms with Gasteiger partial charge in [0, 0.05) is 23.4 Å². The topological polar surface area (TPSA) is 47.3 Å². The summed E-state index contributed by atoms with van der Waals surface area (Å²) < 4.78 is 8.25. The molecule has 0 spiro atoms. The normalized spacial score (nSPS) is 10.5. The third kappa shape index (κ3) is 6.69. The van der Waals surface area contributed by atoms with Crippen LogP contribution in [0, 0.1) is 6.92 Å². The van der Waals surface area contributed by atoms with E-state index in [4.69, 9.17) is 4.74 Å². The molecule has 0 aliphatic carbocycles. The highest BCUT2D eigenvalue weighted by Gasteiger charge is 2.31. The van der Waals surface area contributed by atoms with Crippen LogP contribution < -0.4 is 21.5 Å². The molecular weight excluding hydrogens is 542 g/mol. The number of carbonyl (C=O) groups is 2. The molecule has 4 aromatic rings. The van der Waals surface area contributed by atoms with Gasteiger partial charge in [-0.25, -0.2) is 0 Å². The van der Waals surface area contributed by atoms with Crippen molar-refractivity contribution >= 4 is 34.9 Å². The lowest BCUT2D eigenvalue weighted by Crippen LogP contribution is -3.00. The number of carbonyl (C=O) groups excluding carboxylic acids is 2. The van der Waals surface area contributed by atoms with Crippen LogP contribution in [0.1, 0.15) is 38.8 Å². The predicted octanol–water partition coefficient (Wildman–Crippen LogP) is 2.97. The number of thiophene rings is 1. The smallest absolute Gasteiger partial charge is 0.310 e. The molecule has 7 heteroatoms. The Balaban J connectivity index is 0.00000342. The number of thioether (sulfide) groups is 1. The van der Waals surface area contributed by atoms with Crippen LogP contribution >= 0.6 is 23.1 Å². The molecule has 0 atom stereocenters. The molecule has 0 amide bonds. The SMILES string of the molecule is CCOC(=O)Cc1c(C(=O)c2ccccc2)sc(SCc2ccc(C)cc2)c1-[n+]1ccccc1.[Br-]. The van der Waals surface area contributed by atoms with Crippen LogP contribution in [0.2, 0.25) is 0 Å². The molecule has 4 rings (SSSR count). The predicted molar refractivity (Wildman–Crippen MR) is 137 cm³/mol.